The number of nitrogen functional groups attached to an aromatic ring is 1. The van der Waals surface area contributed by atoms with Crippen LogP contribution in [0.1, 0.15) is 27.7 Å². The molecule has 7 nitrogen and oxygen atoms in total. The van der Waals surface area contributed by atoms with Crippen LogP contribution in [0.3, 0.4) is 0 Å². The first-order valence-electron chi connectivity index (χ1n) is 6.64. The van der Waals surface area contributed by atoms with E-state index in [1.165, 1.54) is 0 Å². The fraction of sp³-hybridized carbons (Fsp3) is 0.750. The lowest BCUT2D eigenvalue weighted by Gasteiger charge is -2.17. The zero-order chi connectivity index (χ0) is 14.0. The van der Waals surface area contributed by atoms with Crippen LogP contribution in [-0.2, 0) is 0 Å². The normalized spacial score (nSPS) is 22.9. The molecule has 2 rings (SSSR count). The molecule has 0 aliphatic carbocycles. The molecule has 0 spiro atoms. The van der Waals surface area contributed by atoms with Crippen LogP contribution in [0, 0.1) is 11.8 Å². The van der Waals surface area contributed by atoms with E-state index in [2.05, 4.69) is 39.1 Å². The lowest BCUT2D eigenvalue weighted by molar-refractivity contribution is 0.222. The Morgan fingerprint density at radius 2 is 1.84 bits per heavy atom. The van der Waals surface area contributed by atoms with Crippen molar-refractivity contribution < 1.29 is 4.74 Å². The monoisotopic (exact) mass is 266 g/mol. The Balaban J connectivity index is 2.24. The summed E-state index contributed by atoms with van der Waals surface area (Å²) in [4.78, 5) is 14.9. The first-order chi connectivity index (χ1) is 8.99. The molecule has 1 aliphatic heterocycles. The van der Waals surface area contributed by atoms with E-state index in [4.69, 9.17) is 10.6 Å². The van der Waals surface area contributed by atoms with Crippen molar-refractivity contribution in [1.29, 1.82) is 0 Å². The third-order valence-corrected chi connectivity index (χ3v) is 3.34. The molecule has 3 N–H and O–H groups in total. The van der Waals surface area contributed by atoms with Gasteiger partial charge in [0.05, 0.1) is 6.10 Å². The largest absolute Gasteiger partial charge is 0.461 e. The number of rotatable bonds is 4. The average molecular weight is 266 g/mol. The number of aromatic nitrogens is 3. The molecular weight excluding hydrogens is 244 g/mol. The molecule has 1 aromatic heterocycles. The SMILES string of the molecule is CC(C)Oc1nc(NN)nc(N2CC(C)C(C)C2)n1. The van der Waals surface area contributed by atoms with Crippen molar-refractivity contribution in [1.82, 2.24) is 15.0 Å². The molecule has 2 atom stereocenters. The maximum Gasteiger partial charge on any atom is 0.323 e. The maximum atomic E-state index is 5.53. The summed E-state index contributed by atoms with van der Waals surface area (Å²) in [7, 11) is 0. The summed E-state index contributed by atoms with van der Waals surface area (Å²) in [5.41, 5.74) is 2.46. The van der Waals surface area contributed by atoms with Crippen LogP contribution in [0.4, 0.5) is 11.9 Å². The summed E-state index contributed by atoms with van der Waals surface area (Å²) >= 11 is 0. The Bertz CT molecular complexity index is 428. The quantitative estimate of drug-likeness (QED) is 0.621. The molecule has 0 amide bonds. The molecule has 1 saturated heterocycles. The Morgan fingerprint density at radius 1 is 1.21 bits per heavy atom. The number of nitrogens with two attached hydrogens (primary N) is 1. The van der Waals surface area contributed by atoms with Gasteiger partial charge in [-0.15, -0.1) is 0 Å². The molecule has 0 aromatic carbocycles. The van der Waals surface area contributed by atoms with Gasteiger partial charge < -0.3 is 9.64 Å². The number of hydrogen-bond acceptors (Lipinski definition) is 7. The minimum Gasteiger partial charge on any atom is -0.461 e. The number of ether oxygens (including phenoxy) is 1. The van der Waals surface area contributed by atoms with Crippen LogP contribution in [-0.4, -0.2) is 34.1 Å². The number of hydrazine groups is 1. The predicted molar refractivity (Wildman–Crippen MR) is 73.9 cm³/mol. The van der Waals surface area contributed by atoms with E-state index in [0.29, 0.717) is 29.7 Å². The first kappa shape index (κ1) is 13.8. The average Bonchev–Trinajstić information content (AvgIpc) is 2.68. The molecule has 2 heterocycles. The highest BCUT2D eigenvalue weighted by Crippen LogP contribution is 2.26. The number of nitrogens with one attached hydrogen (secondary N) is 1. The molecule has 0 radical (unpaired) electrons. The highest BCUT2D eigenvalue weighted by Gasteiger charge is 2.28. The van der Waals surface area contributed by atoms with Gasteiger partial charge in [0.25, 0.3) is 0 Å². The van der Waals surface area contributed by atoms with Gasteiger partial charge in [-0.1, -0.05) is 13.8 Å². The van der Waals surface area contributed by atoms with Crippen LogP contribution < -0.4 is 20.9 Å². The zero-order valence-corrected chi connectivity index (χ0v) is 11.9. The van der Waals surface area contributed by atoms with Crippen molar-refractivity contribution in [3.63, 3.8) is 0 Å². The van der Waals surface area contributed by atoms with Crippen molar-refractivity contribution in [3.05, 3.63) is 0 Å². The topological polar surface area (TPSA) is 89.2 Å². The molecule has 0 saturated carbocycles. The molecule has 1 aliphatic rings. The Morgan fingerprint density at radius 3 is 2.37 bits per heavy atom. The highest BCUT2D eigenvalue weighted by molar-refractivity contribution is 5.39. The lowest BCUT2D eigenvalue weighted by Crippen LogP contribution is -2.24. The molecular formula is C12H22N6O. The van der Waals surface area contributed by atoms with Crippen molar-refractivity contribution in [3.8, 4) is 6.01 Å². The lowest BCUT2D eigenvalue weighted by atomic mass is 10.0. The molecule has 1 aromatic rings. The minimum atomic E-state index is 0.0114. The fourth-order valence-electron chi connectivity index (χ4n) is 2.11. The van der Waals surface area contributed by atoms with E-state index in [9.17, 15) is 0 Å². The molecule has 1 fully saturated rings. The van der Waals surface area contributed by atoms with E-state index < -0.39 is 0 Å². The second kappa shape index (κ2) is 5.56. The van der Waals surface area contributed by atoms with Gasteiger partial charge in [-0.2, -0.15) is 15.0 Å². The summed E-state index contributed by atoms with van der Waals surface area (Å²) < 4.78 is 5.53. The predicted octanol–water partition coefficient (Wildman–Crippen LogP) is 1.04. The molecule has 0 bridgehead atoms. The van der Waals surface area contributed by atoms with Crippen LogP contribution in [0.15, 0.2) is 0 Å². The van der Waals surface area contributed by atoms with Crippen molar-refractivity contribution >= 4 is 11.9 Å². The van der Waals surface area contributed by atoms with E-state index in [-0.39, 0.29) is 6.10 Å². The number of nitrogens with zero attached hydrogens (tertiary/aromatic N) is 4. The standard InChI is InChI=1S/C12H22N6O/c1-7(2)19-12-15-10(17-13)14-11(16-12)18-5-8(3)9(4)6-18/h7-9H,5-6,13H2,1-4H3,(H,14,15,16,17). The van der Waals surface area contributed by atoms with Gasteiger partial charge in [0.2, 0.25) is 11.9 Å². The summed E-state index contributed by atoms with van der Waals surface area (Å²) in [5, 5.41) is 0. The van der Waals surface area contributed by atoms with Gasteiger partial charge in [-0.25, -0.2) is 5.84 Å². The van der Waals surface area contributed by atoms with Gasteiger partial charge in [0, 0.05) is 13.1 Å². The third-order valence-electron chi connectivity index (χ3n) is 3.34. The highest BCUT2D eigenvalue weighted by atomic mass is 16.5. The zero-order valence-electron chi connectivity index (χ0n) is 11.9. The minimum absolute atomic E-state index is 0.0114. The van der Waals surface area contributed by atoms with E-state index >= 15 is 0 Å². The summed E-state index contributed by atoms with van der Waals surface area (Å²) in [6.45, 7) is 10.2. The van der Waals surface area contributed by atoms with Crippen LogP contribution in [0.25, 0.3) is 0 Å². The summed E-state index contributed by atoms with van der Waals surface area (Å²) in [6, 6.07) is 0.306. The van der Waals surface area contributed by atoms with Gasteiger partial charge in [-0.05, 0) is 25.7 Å². The van der Waals surface area contributed by atoms with Gasteiger partial charge in [-0.3, -0.25) is 5.43 Å². The van der Waals surface area contributed by atoms with Crippen LogP contribution in [0.5, 0.6) is 6.01 Å². The van der Waals surface area contributed by atoms with Crippen LogP contribution in [0.2, 0.25) is 0 Å². The van der Waals surface area contributed by atoms with E-state index in [1.54, 1.807) is 0 Å². The van der Waals surface area contributed by atoms with E-state index in [1.807, 2.05) is 13.8 Å². The number of anilines is 2. The second-order valence-corrected chi connectivity index (χ2v) is 5.41. The maximum absolute atomic E-state index is 5.53. The molecule has 7 heteroatoms. The van der Waals surface area contributed by atoms with Crippen molar-refractivity contribution in [2.75, 3.05) is 23.4 Å². The Labute approximate surface area is 113 Å². The van der Waals surface area contributed by atoms with Gasteiger partial charge in [0.1, 0.15) is 0 Å². The van der Waals surface area contributed by atoms with Crippen molar-refractivity contribution in [2.24, 2.45) is 17.7 Å². The molecule has 106 valence electrons. The second-order valence-electron chi connectivity index (χ2n) is 5.41. The number of hydrogen-bond donors (Lipinski definition) is 2. The van der Waals surface area contributed by atoms with Gasteiger partial charge in [0.15, 0.2) is 0 Å². The van der Waals surface area contributed by atoms with Crippen LogP contribution >= 0.6 is 0 Å². The van der Waals surface area contributed by atoms with Crippen molar-refractivity contribution in [2.45, 2.75) is 33.8 Å². The Hall–Kier alpha value is -1.63. The molecule has 2 unspecified atom stereocenters. The molecule has 19 heavy (non-hydrogen) atoms. The third kappa shape index (κ3) is 3.23. The first-order valence-corrected chi connectivity index (χ1v) is 6.64. The summed E-state index contributed by atoms with van der Waals surface area (Å²) in [5.74, 6) is 7.59. The summed E-state index contributed by atoms with van der Waals surface area (Å²) in [6.07, 6.45) is 0.0114. The van der Waals surface area contributed by atoms with E-state index in [0.717, 1.165) is 13.1 Å². The smallest absolute Gasteiger partial charge is 0.323 e. The Kier molecular flexibility index (Phi) is 4.04. The fourth-order valence-corrected chi connectivity index (χ4v) is 2.11. The van der Waals surface area contributed by atoms with Gasteiger partial charge >= 0.3 is 6.01 Å².